The van der Waals surface area contributed by atoms with E-state index < -0.39 is 0 Å². The van der Waals surface area contributed by atoms with Crippen LogP contribution in [0.4, 0.5) is 0 Å². The molecule has 0 saturated carbocycles. The van der Waals surface area contributed by atoms with E-state index in [0.29, 0.717) is 6.04 Å². The lowest BCUT2D eigenvalue weighted by molar-refractivity contribution is -0.134. The van der Waals surface area contributed by atoms with Crippen molar-refractivity contribution in [1.82, 2.24) is 9.80 Å². The molecule has 0 radical (unpaired) electrons. The van der Waals surface area contributed by atoms with E-state index in [9.17, 15) is 4.79 Å². The SMILES string of the molecule is CCCC(N)C(=O)N(C)C1CCN(CC)CC1.Cl.Cl. The topological polar surface area (TPSA) is 49.6 Å². The smallest absolute Gasteiger partial charge is 0.239 e. The van der Waals surface area contributed by atoms with Crippen LogP contribution in [0.2, 0.25) is 0 Å². The second kappa shape index (κ2) is 10.7. The summed E-state index contributed by atoms with van der Waals surface area (Å²) in [6.07, 6.45) is 3.91. The molecule has 1 saturated heterocycles. The van der Waals surface area contributed by atoms with Crippen LogP contribution in [0.1, 0.15) is 39.5 Å². The molecule has 1 unspecified atom stereocenters. The minimum atomic E-state index is -0.311. The highest BCUT2D eigenvalue weighted by Crippen LogP contribution is 2.16. The molecule has 1 aliphatic rings. The zero-order valence-corrected chi connectivity index (χ0v) is 13.9. The highest BCUT2D eigenvalue weighted by Gasteiger charge is 2.27. The average Bonchev–Trinajstić information content (AvgIpc) is 2.37. The Bertz CT molecular complexity index is 246. The van der Waals surface area contributed by atoms with Crippen LogP contribution in [0.25, 0.3) is 0 Å². The van der Waals surface area contributed by atoms with Gasteiger partial charge < -0.3 is 15.5 Å². The Labute approximate surface area is 129 Å². The lowest BCUT2D eigenvalue weighted by Crippen LogP contribution is -2.50. The maximum atomic E-state index is 12.1. The van der Waals surface area contributed by atoms with Gasteiger partial charge in [0, 0.05) is 26.2 Å². The van der Waals surface area contributed by atoms with Gasteiger partial charge in [-0.1, -0.05) is 20.3 Å². The fourth-order valence-electron chi connectivity index (χ4n) is 2.50. The number of hydrogen-bond donors (Lipinski definition) is 1. The minimum absolute atomic E-state index is 0. The van der Waals surface area contributed by atoms with E-state index in [1.807, 2.05) is 11.9 Å². The molecule has 0 aromatic carbocycles. The van der Waals surface area contributed by atoms with Gasteiger partial charge in [0.1, 0.15) is 0 Å². The summed E-state index contributed by atoms with van der Waals surface area (Å²) >= 11 is 0. The van der Waals surface area contributed by atoms with E-state index in [4.69, 9.17) is 5.73 Å². The maximum Gasteiger partial charge on any atom is 0.239 e. The molecule has 1 amide bonds. The number of nitrogens with two attached hydrogens (primary N) is 1. The number of halogens is 2. The van der Waals surface area contributed by atoms with Crippen molar-refractivity contribution in [2.45, 2.75) is 51.6 Å². The van der Waals surface area contributed by atoms with Crippen molar-refractivity contribution in [3.05, 3.63) is 0 Å². The van der Waals surface area contributed by atoms with Gasteiger partial charge in [-0.05, 0) is 25.8 Å². The fraction of sp³-hybridized carbons (Fsp3) is 0.923. The molecule has 6 heteroatoms. The molecule has 0 aromatic heterocycles. The number of nitrogens with zero attached hydrogens (tertiary/aromatic N) is 2. The molecule has 1 aliphatic heterocycles. The first kappa shape index (κ1) is 21.3. The zero-order chi connectivity index (χ0) is 12.8. The zero-order valence-electron chi connectivity index (χ0n) is 12.3. The normalized spacial score (nSPS) is 18.1. The molecule has 0 aliphatic carbocycles. The molecule has 1 fully saturated rings. The Morgan fingerprint density at radius 2 is 1.84 bits per heavy atom. The van der Waals surface area contributed by atoms with Crippen LogP contribution in [-0.4, -0.2) is 54.5 Å². The number of carbonyl (C=O) groups excluding carboxylic acids is 1. The van der Waals surface area contributed by atoms with Crippen LogP contribution in [0.15, 0.2) is 0 Å². The lowest BCUT2D eigenvalue weighted by atomic mass is 10.0. The molecule has 1 rings (SSSR count). The van der Waals surface area contributed by atoms with Gasteiger partial charge in [-0.3, -0.25) is 4.79 Å². The average molecular weight is 314 g/mol. The molecule has 2 N–H and O–H groups in total. The van der Waals surface area contributed by atoms with Crippen molar-refractivity contribution < 1.29 is 4.79 Å². The number of likely N-dealkylation sites (tertiary alicyclic amines) is 1. The van der Waals surface area contributed by atoms with Gasteiger partial charge in [-0.2, -0.15) is 0 Å². The third kappa shape index (κ3) is 6.30. The van der Waals surface area contributed by atoms with Gasteiger partial charge in [-0.25, -0.2) is 0 Å². The second-order valence-corrected chi connectivity index (χ2v) is 5.01. The first-order chi connectivity index (χ1) is 8.10. The van der Waals surface area contributed by atoms with Crippen LogP contribution >= 0.6 is 24.8 Å². The first-order valence-electron chi connectivity index (χ1n) is 6.84. The summed E-state index contributed by atoms with van der Waals surface area (Å²) in [6.45, 7) is 7.56. The van der Waals surface area contributed by atoms with E-state index in [-0.39, 0.29) is 36.8 Å². The predicted octanol–water partition coefficient (Wildman–Crippen LogP) is 1.90. The van der Waals surface area contributed by atoms with Gasteiger partial charge >= 0.3 is 0 Å². The molecule has 1 atom stereocenters. The molecule has 19 heavy (non-hydrogen) atoms. The Balaban J connectivity index is 0. The van der Waals surface area contributed by atoms with Crippen LogP contribution in [0.5, 0.6) is 0 Å². The van der Waals surface area contributed by atoms with Crippen LogP contribution in [0.3, 0.4) is 0 Å². The fourth-order valence-corrected chi connectivity index (χ4v) is 2.50. The first-order valence-corrected chi connectivity index (χ1v) is 6.84. The van der Waals surface area contributed by atoms with Crippen molar-refractivity contribution in [2.75, 3.05) is 26.7 Å². The molecular formula is C13H29Cl2N3O. The number of piperidine rings is 1. The monoisotopic (exact) mass is 313 g/mol. The Morgan fingerprint density at radius 3 is 2.26 bits per heavy atom. The van der Waals surface area contributed by atoms with Crippen LogP contribution in [0, 0.1) is 0 Å². The van der Waals surface area contributed by atoms with E-state index in [0.717, 1.165) is 45.3 Å². The predicted molar refractivity (Wildman–Crippen MR) is 85.3 cm³/mol. The van der Waals surface area contributed by atoms with E-state index in [1.165, 1.54) is 0 Å². The second-order valence-electron chi connectivity index (χ2n) is 5.01. The highest BCUT2D eigenvalue weighted by molar-refractivity contribution is 5.85. The number of carbonyl (C=O) groups is 1. The number of amides is 1. The van der Waals surface area contributed by atoms with Gasteiger partial charge in [0.25, 0.3) is 0 Å². The standard InChI is InChI=1S/C13H27N3O.2ClH/c1-4-6-12(14)13(17)15(3)11-7-9-16(5-2)10-8-11;;/h11-12H,4-10,14H2,1-3H3;2*1H. The number of likely N-dealkylation sites (N-methyl/N-ethyl adjacent to an activating group) is 1. The third-order valence-electron chi connectivity index (χ3n) is 3.82. The summed E-state index contributed by atoms with van der Waals surface area (Å²) in [5.41, 5.74) is 5.89. The lowest BCUT2D eigenvalue weighted by Gasteiger charge is -2.37. The van der Waals surface area contributed by atoms with Crippen LogP contribution in [-0.2, 0) is 4.79 Å². The molecule has 116 valence electrons. The Hall–Kier alpha value is -0.0300. The molecular weight excluding hydrogens is 285 g/mol. The quantitative estimate of drug-likeness (QED) is 0.843. The van der Waals surface area contributed by atoms with E-state index in [1.54, 1.807) is 0 Å². The molecule has 0 bridgehead atoms. The van der Waals surface area contributed by atoms with Crippen molar-refractivity contribution in [2.24, 2.45) is 5.73 Å². The maximum absolute atomic E-state index is 12.1. The summed E-state index contributed by atoms with van der Waals surface area (Å²) in [6, 6.07) is 0.0717. The van der Waals surface area contributed by atoms with E-state index >= 15 is 0 Å². The van der Waals surface area contributed by atoms with Crippen molar-refractivity contribution in [3.63, 3.8) is 0 Å². The third-order valence-corrected chi connectivity index (χ3v) is 3.82. The molecule has 1 heterocycles. The Morgan fingerprint density at radius 1 is 1.32 bits per heavy atom. The van der Waals surface area contributed by atoms with Gasteiger partial charge in [-0.15, -0.1) is 24.8 Å². The highest BCUT2D eigenvalue weighted by atomic mass is 35.5. The Kier molecular flexibility index (Phi) is 12.0. The largest absolute Gasteiger partial charge is 0.341 e. The van der Waals surface area contributed by atoms with Gasteiger partial charge in [0.15, 0.2) is 0 Å². The molecule has 0 aromatic rings. The summed E-state index contributed by atoms with van der Waals surface area (Å²) < 4.78 is 0. The van der Waals surface area contributed by atoms with Crippen molar-refractivity contribution >= 4 is 30.7 Å². The van der Waals surface area contributed by atoms with Crippen LogP contribution < -0.4 is 5.73 Å². The van der Waals surface area contributed by atoms with Crippen molar-refractivity contribution in [3.8, 4) is 0 Å². The van der Waals surface area contributed by atoms with Gasteiger partial charge in [0.05, 0.1) is 6.04 Å². The van der Waals surface area contributed by atoms with Crippen molar-refractivity contribution in [1.29, 1.82) is 0 Å². The van der Waals surface area contributed by atoms with E-state index in [2.05, 4.69) is 18.7 Å². The summed E-state index contributed by atoms with van der Waals surface area (Å²) in [7, 11) is 1.91. The number of hydrogen-bond acceptors (Lipinski definition) is 3. The summed E-state index contributed by atoms with van der Waals surface area (Å²) in [4.78, 5) is 16.4. The van der Waals surface area contributed by atoms with Gasteiger partial charge in [0.2, 0.25) is 5.91 Å². The summed E-state index contributed by atoms with van der Waals surface area (Å²) in [5.74, 6) is 0.113. The minimum Gasteiger partial charge on any atom is -0.341 e. The summed E-state index contributed by atoms with van der Waals surface area (Å²) in [5, 5.41) is 0. The molecule has 0 spiro atoms. The number of rotatable bonds is 5. The molecule has 4 nitrogen and oxygen atoms in total.